The summed E-state index contributed by atoms with van der Waals surface area (Å²) in [4.78, 5) is 22.5. The maximum Gasteiger partial charge on any atom is 0.187 e. The van der Waals surface area contributed by atoms with Crippen LogP contribution in [0.15, 0.2) is 41.9 Å². The van der Waals surface area contributed by atoms with Crippen LogP contribution in [0.2, 0.25) is 0 Å². The number of fused-ring (bicyclic) bond motifs is 3. The highest BCUT2D eigenvalue weighted by Crippen LogP contribution is 2.31. The second-order valence-electron chi connectivity index (χ2n) is 5.00. The number of nitrogens with zero attached hydrogens (tertiary/aromatic N) is 5. The van der Waals surface area contributed by atoms with Crippen LogP contribution in [0, 0.1) is 0 Å². The van der Waals surface area contributed by atoms with Gasteiger partial charge in [-0.3, -0.25) is 4.98 Å². The molecular formula is C16H13N5S. The molecule has 0 bridgehead atoms. The maximum absolute atomic E-state index is 4.72. The highest BCUT2D eigenvalue weighted by Gasteiger charge is 2.21. The Labute approximate surface area is 132 Å². The molecule has 0 aromatic carbocycles. The van der Waals surface area contributed by atoms with Crippen LogP contribution in [0.3, 0.4) is 0 Å². The zero-order chi connectivity index (χ0) is 14.9. The Kier molecular flexibility index (Phi) is 3.31. The van der Waals surface area contributed by atoms with E-state index in [0.29, 0.717) is 5.82 Å². The number of hydrogen-bond acceptors (Lipinski definition) is 6. The molecule has 0 saturated carbocycles. The van der Waals surface area contributed by atoms with E-state index >= 15 is 0 Å². The minimum Gasteiger partial charge on any atom is -0.253 e. The molecule has 3 aromatic heterocycles. The van der Waals surface area contributed by atoms with Crippen LogP contribution in [-0.2, 0) is 12.8 Å². The highest BCUT2D eigenvalue weighted by molar-refractivity contribution is 7.98. The first kappa shape index (κ1) is 13.3. The third-order valence-electron chi connectivity index (χ3n) is 3.67. The number of aromatic nitrogens is 5. The summed E-state index contributed by atoms with van der Waals surface area (Å²) in [7, 11) is 0. The van der Waals surface area contributed by atoms with Gasteiger partial charge in [-0.2, -0.15) is 0 Å². The average molecular weight is 307 g/mol. The summed E-state index contributed by atoms with van der Waals surface area (Å²) in [6, 6.07) is 5.74. The second-order valence-corrected chi connectivity index (χ2v) is 5.77. The predicted octanol–water partition coefficient (Wildman–Crippen LogP) is 2.82. The Morgan fingerprint density at radius 3 is 2.77 bits per heavy atom. The van der Waals surface area contributed by atoms with Gasteiger partial charge >= 0.3 is 0 Å². The van der Waals surface area contributed by atoms with Gasteiger partial charge in [-0.1, -0.05) is 17.8 Å². The van der Waals surface area contributed by atoms with Crippen molar-refractivity contribution in [1.29, 1.82) is 0 Å². The van der Waals surface area contributed by atoms with E-state index in [1.807, 2.05) is 36.8 Å². The molecule has 0 atom stereocenters. The van der Waals surface area contributed by atoms with Crippen molar-refractivity contribution >= 4 is 11.8 Å². The van der Waals surface area contributed by atoms with Crippen LogP contribution in [0.25, 0.3) is 22.8 Å². The maximum atomic E-state index is 4.72. The lowest BCUT2D eigenvalue weighted by molar-refractivity contribution is 0.820. The van der Waals surface area contributed by atoms with Crippen LogP contribution in [0.4, 0.5) is 0 Å². The Balaban J connectivity index is 1.85. The predicted molar refractivity (Wildman–Crippen MR) is 85.5 cm³/mol. The van der Waals surface area contributed by atoms with Gasteiger partial charge in [-0.25, -0.2) is 19.9 Å². The molecule has 1 aliphatic rings. The van der Waals surface area contributed by atoms with Crippen LogP contribution in [0.1, 0.15) is 11.3 Å². The molecule has 3 aromatic rings. The van der Waals surface area contributed by atoms with Crippen molar-refractivity contribution in [2.75, 3.05) is 6.26 Å². The van der Waals surface area contributed by atoms with Crippen LogP contribution < -0.4 is 0 Å². The van der Waals surface area contributed by atoms with E-state index in [4.69, 9.17) is 4.98 Å². The largest absolute Gasteiger partial charge is 0.253 e. The lowest BCUT2D eigenvalue weighted by atomic mass is 9.95. The molecular weight excluding hydrogens is 294 g/mol. The molecule has 0 saturated heterocycles. The number of pyridine rings is 1. The standard InChI is InChI=1S/C16H13N5S/c1-22-16-19-9-11-12(20-16)6-5-10-8-18-15(21-14(10)11)13-4-2-3-7-17-13/h2-4,7-9H,5-6H2,1H3. The molecule has 0 spiro atoms. The summed E-state index contributed by atoms with van der Waals surface area (Å²) >= 11 is 1.56. The first-order valence-corrected chi connectivity index (χ1v) is 8.25. The number of aryl methyl sites for hydroxylation is 2. The van der Waals surface area contributed by atoms with Gasteiger partial charge in [0.15, 0.2) is 11.0 Å². The summed E-state index contributed by atoms with van der Waals surface area (Å²) in [6.45, 7) is 0. The van der Waals surface area contributed by atoms with E-state index in [2.05, 4.69) is 19.9 Å². The summed E-state index contributed by atoms with van der Waals surface area (Å²) in [6.07, 6.45) is 9.33. The SMILES string of the molecule is CSc1ncc2c(n1)CCc1cnc(-c3ccccn3)nc1-2. The number of rotatable bonds is 2. The van der Waals surface area contributed by atoms with E-state index in [-0.39, 0.29) is 0 Å². The van der Waals surface area contributed by atoms with Gasteiger partial charge in [0.05, 0.1) is 11.4 Å². The zero-order valence-corrected chi connectivity index (χ0v) is 12.8. The van der Waals surface area contributed by atoms with Crippen molar-refractivity contribution in [3.8, 4) is 22.8 Å². The molecule has 0 amide bonds. The molecule has 4 rings (SSSR count). The number of thioether (sulfide) groups is 1. The minimum absolute atomic E-state index is 0.640. The van der Waals surface area contributed by atoms with Gasteiger partial charge in [-0.15, -0.1) is 0 Å². The first-order chi connectivity index (χ1) is 10.8. The minimum atomic E-state index is 0.640. The van der Waals surface area contributed by atoms with E-state index in [1.165, 1.54) is 0 Å². The molecule has 0 unspecified atom stereocenters. The van der Waals surface area contributed by atoms with Crippen LogP contribution in [-0.4, -0.2) is 31.2 Å². The Bertz CT molecular complexity index is 835. The average Bonchev–Trinajstić information content (AvgIpc) is 2.61. The number of hydrogen-bond donors (Lipinski definition) is 0. The molecule has 0 radical (unpaired) electrons. The third-order valence-corrected chi connectivity index (χ3v) is 4.23. The summed E-state index contributed by atoms with van der Waals surface area (Å²) in [5.74, 6) is 0.640. The molecule has 3 heterocycles. The third kappa shape index (κ3) is 2.25. The highest BCUT2D eigenvalue weighted by atomic mass is 32.2. The smallest absolute Gasteiger partial charge is 0.187 e. The van der Waals surface area contributed by atoms with Gasteiger partial charge in [0, 0.05) is 24.2 Å². The van der Waals surface area contributed by atoms with E-state index in [1.54, 1.807) is 18.0 Å². The lowest BCUT2D eigenvalue weighted by Crippen LogP contribution is -2.10. The van der Waals surface area contributed by atoms with E-state index in [0.717, 1.165) is 46.2 Å². The topological polar surface area (TPSA) is 64.5 Å². The molecule has 0 aliphatic heterocycles. The van der Waals surface area contributed by atoms with Gasteiger partial charge in [-0.05, 0) is 36.8 Å². The Morgan fingerprint density at radius 1 is 1.00 bits per heavy atom. The summed E-state index contributed by atoms with van der Waals surface area (Å²) in [5, 5.41) is 0.807. The van der Waals surface area contributed by atoms with Gasteiger partial charge in [0.2, 0.25) is 0 Å². The fourth-order valence-electron chi connectivity index (χ4n) is 2.58. The molecule has 5 nitrogen and oxygen atoms in total. The quantitative estimate of drug-likeness (QED) is 0.536. The lowest BCUT2D eigenvalue weighted by Gasteiger charge is -2.18. The normalized spacial score (nSPS) is 12.6. The van der Waals surface area contributed by atoms with Gasteiger partial charge < -0.3 is 0 Å². The van der Waals surface area contributed by atoms with Crippen molar-refractivity contribution in [3.05, 3.63) is 48.0 Å². The van der Waals surface area contributed by atoms with E-state index < -0.39 is 0 Å². The zero-order valence-electron chi connectivity index (χ0n) is 12.0. The van der Waals surface area contributed by atoms with Crippen molar-refractivity contribution in [2.45, 2.75) is 18.0 Å². The van der Waals surface area contributed by atoms with Gasteiger partial charge in [0.1, 0.15) is 5.69 Å². The van der Waals surface area contributed by atoms with Crippen molar-refractivity contribution < 1.29 is 0 Å². The fraction of sp³-hybridized carbons (Fsp3) is 0.188. The molecule has 0 fully saturated rings. The van der Waals surface area contributed by atoms with Crippen molar-refractivity contribution in [2.24, 2.45) is 0 Å². The van der Waals surface area contributed by atoms with Crippen molar-refractivity contribution in [1.82, 2.24) is 24.9 Å². The van der Waals surface area contributed by atoms with E-state index in [9.17, 15) is 0 Å². The molecule has 108 valence electrons. The Hall–Kier alpha value is -2.34. The molecule has 22 heavy (non-hydrogen) atoms. The molecule has 6 heteroatoms. The summed E-state index contributed by atoms with van der Waals surface area (Å²) < 4.78 is 0. The summed E-state index contributed by atoms with van der Waals surface area (Å²) in [5.41, 5.74) is 4.94. The van der Waals surface area contributed by atoms with Crippen molar-refractivity contribution in [3.63, 3.8) is 0 Å². The molecule has 1 aliphatic carbocycles. The first-order valence-electron chi connectivity index (χ1n) is 7.03. The Morgan fingerprint density at radius 2 is 1.95 bits per heavy atom. The van der Waals surface area contributed by atoms with Crippen LogP contribution in [0.5, 0.6) is 0 Å². The van der Waals surface area contributed by atoms with Crippen LogP contribution >= 0.6 is 11.8 Å². The monoisotopic (exact) mass is 307 g/mol. The molecule has 0 N–H and O–H groups in total. The fourth-order valence-corrected chi connectivity index (χ4v) is 2.94. The second kappa shape index (κ2) is 5.46. The van der Waals surface area contributed by atoms with Gasteiger partial charge in [0.25, 0.3) is 0 Å².